The summed E-state index contributed by atoms with van der Waals surface area (Å²) in [5.41, 5.74) is 1.03. The minimum atomic E-state index is -0.546. The van der Waals surface area contributed by atoms with Gasteiger partial charge < -0.3 is 16.0 Å². The van der Waals surface area contributed by atoms with Crippen molar-refractivity contribution in [3.8, 4) is 0 Å². The molecule has 5 nitrogen and oxygen atoms in total. The molecule has 0 radical (unpaired) electrons. The lowest BCUT2D eigenvalue weighted by molar-refractivity contribution is -0.122. The van der Waals surface area contributed by atoms with E-state index in [-0.39, 0.29) is 11.9 Å². The van der Waals surface area contributed by atoms with Crippen LogP contribution < -0.4 is 16.0 Å². The van der Waals surface area contributed by atoms with Gasteiger partial charge in [0, 0.05) is 13.1 Å². The van der Waals surface area contributed by atoms with Crippen molar-refractivity contribution in [3.05, 3.63) is 35.9 Å². The predicted molar refractivity (Wildman–Crippen MR) is 81.6 cm³/mol. The van der Waals surface area contributed by atoms with Crippen molar-refractivity contribution >= 4 is 11.9 Å². The molecule has 0 spiro atoms. The van der Waals surface area contributed by atoms with Crippen LogP contribution in [-0.2, 0) is 11.3 Å². The molecule has 1 saturated carbocycles. The van der Waals surface area contributed by atoms with E-state index in [1.54, 1.807) is 6.92 Å². The number of carbonyl (C=O) groups excluding carboxylic acids is 2. The zero-order valence-electron chi connectivity index (χ0n) is 12.4. The Labute approximate surface area is 125 Å². The summed E-state index contributed by atoms with van der Waals surface area (Å²) in [7, 11) is 0. The lowest BCUT2D eigenvalue weighted by Crippen LogP contribution is -2.49. The molecule has 1 atom stereocenters. The van der Waals surface area contributed by atoms with Gasteiger partial charge in [0.05, 0.1) is 0 Å². The Bertz CT molecular complexity index is 472. The van der Waals surface area contributed by atoms with Crippen molar-refractivity contribution in [2.24, 2.45) is 5.92 Å². The Morgan fingerprint density at radius 2 is 1.90 bits per heavy atom. The molecule has 1 fully saturated rings. The first kappa shape index (κ1) is 15.4. The summed E-state index contributed by atoms with van der Waals surface area (Å²) in [6.07, 6.45) is 3.63. The predicted octanol–water partition coefficient (Wildman–Crippen LogP) is 1.79. The van der Waals surface area contributed by atoms with Crippen molar-refractivity contribution in [2.75, 3.05) is 6.54 Å². The molecule has 3 amide bonds. The molecule has 2 rings (SSSR count). The number of carbonyl (C=O) groups is 2. The molecule has 0 aliphatic heterocycles. The first-order valence-electron chi connectivity index (χ1n) is 7.51. The number of benzene rings is 1. The maximum atomic E-state index is 11.9. The summed E-state index contributed by atoms with van der Waals surface area (Å²) in [6.45, 7) is 2.85. The smallest absolute Gasteiger partial charge is 0.315 e. The maximum absolute atomic E-state index is 11.9. The monoisotopic (exact) mass is 289 g/mol. The van der Waals surface area contributed by atoms with Crippen molar-refractivity contribution in [2.45, 2.75) is 38.8 Å². The highest BCUT2D eigenvalue weighted by atomic mass is 16.2. The zero-order valence-corrected chi connectivity index (χ0v) is 12.4. The SMILES string of the molecule is CC(NC(=O)NCC1CCC1)C(=O)NCc1ccccc1. The van der Waals surface area contributed by atoms with Gasteiger partial charge in [-0.3, -0.25) is 4.79 Å². The topological polar surface area (TPSA) is 70.2 Å². The molecule has 0 saturated heterocycles. The van der Waals surface area contributed by atoms with E-state index in [1.165, 1.54) is 19.3 Å². The summed E-state index contributed by atoms with van der Waals surface area (Å²) < 4.78 is 0. The largest absolute Gasteiger partial charge is 0.350 e. The summed E-state index contributed by atoms with van der Waals surface area (Å²) >= 11 is 0. The second kappa shape index (κ2) is 7.67. The van der Waals surface area contributed by atoms with Gasteiger partial charge in [-0.05, 0) is 31.2 Å². The maximum Gasteiger partial charge on any atom is 0.315 e. The highest BCUT2D eigenvalue weighted by Crippen LogP contribution is 2.24. The highest BCUT2D eigenvalue weighted by Gasteiger charge is 2.19. The quantitative estimate of drug-likeness (QED) is 0.747. The van der Waals surface area contributed by atoms with Crippen molar-refractivity contribution in [1.29, 1.82) is 0 Å². The number of hydrogen-bond donors (Lipinski definition) is 3. The van der Waals surface area contributed by atoms with Crippen molar-refractivity contribution < 1.29 is 9.59 Å². The highest BCUT2D eigenvalue weighted by molar-refractivity contribution is 5.86. The minimum absolute atomic E-state index is 0.183. The van der Waals surface area contributed by atoms with Gasteiger partial charge >= 0.3 is 6.03 Å². The van der Waals surface area contributed by atoms with Crippen LogP contribution in [0.1, 0.15) is 31.7 Å². The lowest BCUT2D eigenvalue weighted by Gasteiger charge is -2.25. The second-order valence-corrected chi connectivity index (χ2v) is 5.58. The third-order valence-electron chi connectivity index (χ3n) is 3.83. The van der Waals surface area contributed by atoms with Gasteiger partial charge in [0.2, 0.25) is 5.91 Å². The number of amides is 3. The first-order valence-corrected chi connectivity index (χ1v) is 7.51. The molecular weight excluding hydrogens is 266 g/mol. The molecule has 5 heteroatoms. The Balaban J connectivity index is 1.65. The number of rotatable bonds is 6. The van der Waals surface area contributed by atoms with Crippen LogP contribution in [0.2, 0.25) is 0 Å². The minimum Gasteiger partial charge on any atom is -0.350 e. The van der Waals surface area contributed by atoms with Gasteiger partial charge in [-0.2, -0.15) is 0 Å². The summed E-state index contributed by atoms with van der Waals surface area (Å²) in [5.74, 6) is 0.426. The molecule has 1 aromatic rings. The van der Waals surface area contributed by atoms with Crippen LogP contribution in [0.3, 0.4) is 0 Å². The normalized spacial score (nSPS) is 15.7. The molecule has 0 bridgehead atoms. The number of urea groups is 1. The average molecular weight is 289 g/mol. The van der Waals surface area contributed by atoms with Crippen LogP contribution in [0.5, 0.6) is 0 Å². The molecule has 1 unspecified atom stereocenters. The fourth-order valence-electron chi connectivity index (χ4n) is 2.19. The molecular formula is C16H23N3O2. The Kier molecular flexibility index (Phi) is 5.60. The number of nitrogens with one attached hydrogen (secondary N) is 3. The van der Waals surface area contributed by atoms with Crippen LogP contribution in [0.25, 0.3) is 0 Å². The van der Waals surface area contributed by atoms with E-state index in [0.29, 0.717) is 19.0 Å². The van der Waals surface area contributed by atoms with E-state index in [1.807, 2.05) is 30.3 Å². The van der Waals surface area contributed by atoms with Gasteiger partial charge in [-0.15, -0.1) is 0 Å². The van der Waals surface area contributed by atoms with Gasteiger partial charge in [-0.1, -0.05) is 36.8 Å². The van der Waals surface area contributed by atoms with Gasteiger partial charge in [0.25, 0.3) is 0 Å². The third kappa shape index (κ3) is 5.10. The Morgan fingerprint density at radius 1 is 1.19 bits per heavy atom. The zero-order chi connectivity index (χ0) is 15.1. The van der Waals surface area contributed by atoms with Crippen molar-refractivity contribution in [3.63, 3.8) is 0 Å². The Hall–Kier alpha value is -2.04. The van der Waals surface area contributed by atoms with E-state index in [4.69, 9.17) is 0 Å². The van der Waals surface area contributed by atoms with Gasteiger partial charge in [0.15, 0.2) is 0 Å². The molecule has 1 aromatic carbocycles. The Morgan fingerprint density at radius 3 is 2.52 bits per heavy atom. The average Bonchev–Trinajstić information content (AvgIpc) is 2.44. The van der Waals surface area contributed by atoms with Crippen LogP contribution in [0.15, 0.2) is 30.3 Å². The van der Waals surface area contributed by atoms with Crippen LogP contribution in [-0.4, -0.2) is 24.5 Å². The third-order valence-corrected chi connectivity index (χ3v) is 3.83. The van der Waals surface area contributed by atoms with E-state index >= 15 is 0 Å². The molecule has 1 aliphatic rings. The fourth-order valence-corrected chi connectivity index (χ4v) is 2.19. The van der Waals surface area contributed by atoms with Gasteiger partial charge in [-0.25, -0.2) is 4.79 Å². The summed E-state index contributed by atoms with van der Waals surface area (Å²) in [4.78, 5) is 23.6. The molecule has 114 valence electrons. The standard InChI is InChI=1S/C16H23N3O2/c1-12(19-16(21)18-11-14-8-5-9-14)15(20)17-10-13-6-3-2-4-7-13/h2-4,6-7,12,14H,5,8-11H2,1H3,(H,17,20)(H2,18,19,21). The van der Waals surface area contributed by atoms with Crippen LogP contribution in [0.4, 0.5) is 4.79 Å². The summed E-state index contributed by atoms with van der Waals surface area (Å²) in [5, 5.41) is 8.28. The second-order valence-electron chi connectivity index (χ2n) is 5.58. The van der Waals surface area contributed by atoms with Crippen molar-refractivity contribution in [1.82, 2.24) is 16.0 Å². The number of hydrogen-bond acceptors (Lipinski definition) is 2. The van der Waals surface area contributed by atoms with Crippen LogP contribution in [0, 0.1) is 5.92 Å². The molecule has 0 aromatic heterocycles. The molecule has 21 heavy (non-hydrogen) atoms. The fraction of sp³-hybridized carbons (Fsp3) is 0.500. The molecule has 1 aliphatic carbocycles. The summed E-state index contributed by atoms with van der Waals surface area (Å²) in [6, 6.07) is 8.86. The van der Waals surface area contributed by atoms with Crippen LogP contribution >= 0.6 is 0 Å². The van der Waals surface area contributed by atoms with Gasteiger partial charge in [0.1, 0.15) is 6.04 Å². The lowest BCUT2D eigenvalue weighted by atomic mass is 9.85. The first-order chi connectivity index (χ1) is 10.1. The van der Waals surface area contributed by atoms with E-state index in [9.17, 15) is 9.59 Å². The molecule has 0 heterocycles. The van der Waals surface area contributed by atoms with E-state index < -0.39 is 6.04 Å². The van der Waals surface area contributed by atoms with E-state index in [0.717, 1.165) is 5.56 Å². The molecule has 3 N–H and O–H groups in total. The van der Waals surface area contributed by atoms with E-state index in [2.05, 4.69) is 16.0 Å².